The largest absolute Gasteiger partial charge is 0.480 e. The second-order valence-corrected chi connectivity index (χ2v) is 10.5. The zero-order chi connectivity index (χ0) is 22.1. The lowest BCUT2D eigenvalue weighted by molar-refractivity contribution is -0.142. The van der Waals surface area contributed by atoms with Crippen LogP contribution in [0.2, 0.25) is 0 Å². The molecule has 1 aliphatic heterocycles. The van der Waals surface area contributed by atoms with E-state index in [4.69, 9.17) is 12.2 Å². The van der Waals surface area contributed by atoms with Gasteiger partial charge >= 0.3 is 5.97 Å². The summed E-state index contributed by atoms with van der Waals surface area (Å²) in [5.41, 5.74) is 4.65. The molecule has 0 spiro atoms. The molecule has 0 bridgehead atoms. The van der Waals surface area contributed by atoms with Gasteiger partial charge in [0.1, 0.15) is 10.4 Å². The Morgan fingerprint density at radius 3 is 2.62 bits per heavy atom. The number of aliphatic carboxylic acids is 1. The summed E-state index contributed by atoms with van der Waals surface area (Å²) >= 11 is 8.99. The van der Waals surface area contributed by atoms with Crippen LogP contribution in [0.15, 0.2) is 72.1 Å². The number of para-hydroxylation sites is 1. The van der Waals surface area contributed by atoms with E-state index in [1.807, 2.05) is 34.5 Å². The molecule has 1 atom stereocenters. The molecule has 0 fully saturated rings. The second kappa shape index (κ2) is 9.10. The van der Waals surface area contributed by atoms with Gasteiger partial charge in [-0.15, -0.1) is 11.3 Å². The van der Waals surface area contributed by atoms with Gasteiger partial charge in [-0.2, -0.15) is 0 Å². The van der Waals surface area contributed by atoms with E-state index in [-0.39, 0.29) is 0 Å². The number of carboxylic acid groups (broad SMARTS) is 1. The van der Waals surface area contributed by atoms with Crippen LogP contribution in [0.3, 0.4) is 0 Å². The molecule has 0 radical (unpaired) electrons. The van der Waals surface area contributed by atoms with Gasteiger partial charge in [-0.05, 0) is 28.6 Å². The van der Waals surface area contributed by atoms with E-state index in [1.54, 1.807) is 23.1 Å². The third kappa shape index (κ3) is 4.08. The van der Waals surface area contributed by atoms with Crippen molar-refractivity contribution in [1.29, 1.82) is 0 Å². The Morgan fingerprint density at radius 2 is 1.88 bits per heavy atom. The Kier molecular flexibility index (Phi) is 6.04. The molecule has 0 saturated heterocycles. The van der Waals surface area contributed by atoms with E-state index >= 15 is 0 Å². The number of rotatable bonds is 5. The summed E-state index contributed by atoms with van der Waals surface area (Å²) in [4.78, 5) is 15.4. The van der Waals surface area contributed by atoms with Crippen LogP contribution in [0.4, 0.5) is 0 Å². The number of fused-ring (bicyclic) bond motifs is 3. The monoisotopic (exact) mass is 478 g/mol. The number of thioether (sulfide) groups is 1. The third-order valence-corrected chi connectivity index (χ3v) is 8.49. The number of aromatic nitrogens is 1. The van der Waals surface area contributed by atoms with Gasteiger partial charge in [0.15, 0.2) is 0 Å². The molecule has 2 aromatic heterocycles. The highest BCUT2D eigenvalue weighted by molar-refractivity contribution is 8.22. The second-order valence-electron chi connectivity index (χ2n) is 7.83. The first-order chi connectivity index (χ1) is 15.6. The molecule has 4 nitrogen and oxygen atoms in total. The minimum atomic E-state index is -0.824. The molecule has 0 unspecified atom stereocenters. The van der Waals surface area contributed by atoms with E-state index in [9.17, 15) is 9.90 Å². The number of nitrogens with zero attached hydrogens (tertiary/aromatic N) is 2. The van der Waals surface area contributed by atoms with Gasteiger partial charge in [0.05, 0.1) is 6.54 Å². The van der Waals surface area contributed by atoms with Crippen LogP contribution in [-0.2, 0) is 30.1 Å². The van der Waals surface area contributed by atoms with Crippen LogP contribution in [0.5, 0.6) is 0 Å². The van der Waals surface area contributed by atoms with Crippen molar-refractivity contribution in [2.24, 2.45) is 0 Å². The molecule has 4 aromatic rings. The summed E-state index contributed by atoms with van der Waals surface area (Å²) in [6.45, 7) is 1.25. The highest BCUT2D eigenvalue weighted by Gasteiger charge is 2.36. The zero-order valence-corrected chi connectivity index (χ0v) is 19.8. The number of thiocarbonyl (C=S) groups is 1. The maximum absolute atomic E-state index is 12.2. The molecule has 162 valence electrons. The Morgan fingerprint density at radius 1 is 1.09 bits per heavy atom. The van der Waals surface area contributed by atoms with Crippen molar-refractivity contribution in [3.05, 3.63) is 93.8 Å². The fraction of sp³-hybridized carbons (Fsp3) is 0.200. The van der Waals surface area contributed by atoms with Crippen molar-refractivity contribution >= 4 is 56.5 Å². The van der Waals surface area contributed by atoms with Crippen molar-refractivity contribution in [1.82, 2.24) is 9.47 Å². The van der Waals surface area contributed by atoms with E-state index in [1.165, 1.54) is 10.4 Å². The van der Waals surface area contributed by atoms with Crippen LogP contribution < -0.4 is 0 Å². The summed E-state index contributed by atoms with van der Waals surface area (Å²) in [6.07, 6.45) is 0.451. The van der Waals surface area contributed by atoms with Gasteiger partial charge in [-0.25, -0.2) is 4.79 Å². The number of hydrogen-bond acceptors (Lipinski definition) is 4. The average molecular weight is 479 g/mol. The quantitative estimate of drug-likeness (QED) is 0.368. The first-order valence-corrected chi connectivity index (χ1v) is 12.7. The summed E-state index contributed by atoms with van der Waals surface area (Å²) in [7, 11) is 0. The summed E-state index contributed by atoms with van der Waals surface area (Å²) in [5.74, 6) is -0.0613. The van der Waals surface area contributed by atoms with E-state index in [0.29, 0.717) is 17.3 Å². The minimum Gasteiger partial charge on any atom is -0.480 e. The summed E-state index contributed by atoms with van der Waals surface area (Å²) in [6, 6.07) is 22.1. The van der Waals surface area contributed by atoms with Crippen LogP contribution >= 0.6 is 35.3 Å². The number of benzene rings is 2. The topological polar surface area (TPSA) is 45.5 Å². The lowest BCUT2D eigenvalue weighted by atomic mass is 9.97. The number of carboxylic acids is 1. The Labute approximate surface area is 200 Å². The fourth-order valence-corrected chi connectivity index (χ4v) is 6.41. The van der Waals surface area contributed by atoms with Crippen LogP contribution in [0.1, 0.15) is 21.7 Å². The molecule has 2 aromatic carbocycles. The minimum absolute atomic E-state index is 0.451. The Balaban J connectivity index is 1.52. The molecule has 3 heterocycles. The van der Waals surface area contributed by atoms with Crippen molar-refractivity contribution in [3.8, 4) is 0 Å². The number of hydrogen-bond donors (Lipinski definition) is 1. The van der Waals surface area contributed by atoms with Crippen LogP contribution in [-0.4, -0.2) is 30.9 Å². The van der Waals surface area contributed by atoms with Crippen molar-refractivity contribution in [3.63, 3.8) is 0 Å². The SMILES string of the molecule is O=C(O)[C@H]1Cc2c(n(Cc3ccccc3)c3ccccc23)CN1C(=S)SCc1cccs1. The lowest BCUT2D eigenvalue weighted by Crippen LogP contribution is -2.47. The predicted molar refractivity (Wildman–Crippen MR) is 136 cm³/mol. The van der Waals surface area contributed by atoms with Crippen molar-refractivity contribution in [2.45, 2.75) is 31.3 Å². The summed E-state index contributed by atoms with van der Waals surface area (Å²) < 4.78 is 2.98. The third-order valence-electron chi connectivity index (χ3n) is 5.91. The first kappa shape index (κ1) is 21.2. The molecule has 1 N–H and O–H groups in total. The van der Waals surface area contributed by atoms with E-state index in [2.05, 4.69) is 47.0 Å². The zero-order valence-electron chi connectivity index (χ0n) is 17.3. The highest BCUT2D eigenvalue weighted by atomic mass is 32.2. The fourth-order valence-electron chi connectivity index (χ4n) is 4.38. The summed E-state index contributed by atoms with van der Waals surface area (Å²) in [5, 5.41) is 13.2. The van der Waals surface area contributed by atoms with Gasteiger partial charge in [-0.3, -0.25) is 0 Å². The van der Waals surface area contributed by atoms with Gasteiger partial charge < -0.3 is 14.6 Å². The van der Waals surface area contributed by atoms with Gasteiger partial charge in [-0.1, -0.05) is 78.6 Å². The molecular formula is C25H22N2O2S3. The van der Waals surface area contributed by atoms with E-state index in [0.717, 1.165) is 34.5 Å². The van der Waals surface area contributed by atoms with Crippen LogP contribution in [0, 0.1) is 0 Å². The molecule has 5 rings (SSSR count). The average Bonchev–Trinajstić information content (AvgIpc) is 3.44. The van der Waals surface area contributed by atoms with Gasteiger partial charge in [0, 0.05) is 40.2 Å². The Bertz CT molecular complexity index is 1270. The molecule has 7 heteroatoms. The standard InChI is InChI=1S/C25H22N2O2S3/c28-24(29)22-13-20-19-10-4-5-11-21(19)26(14-17-7-2-1-3-8-17)23(20)15-27(22)25(30)32-16-18-9-6-12-31-18/h1-12,22H,13-16H2,(H,28,29)/t22-/m1/s1. The lowest BCUT2D eigenvalue weighted by Gasteiger charge is -2.35. The number of carbonyl (C=O) groups is 1. The molecule has 32 heavy (non-hydrogen) atoms. The van der Waals surface area contributed by atoms with Gasteiger partial charge in [0.2, 0.25) is 0 Å². The predicted octanol–water partition coefficient (Wildman–Crippen LogP) is 5.78. The first-order valence-electron chi connectivity index (χ1n) is 10.4. The molecular weight excluding hydrogens is 456 g/mol. The van der Waals surface area contributed by atoms with Crippen molar-refractivity contribution < 1.29 is 9.90 Å². The normalized spacial score (nSPS) is 15.6. The van der Waals surface area contributed by atoms with Crippen LogP contribution in [0.25, 0.3) is 10.9 Å². The highest BCUT2D eigenvalue weighted by Crippen LogP contribution is 2.35. The van der Waals surface area contributed by atoms with Gasteiger partial charge in [0.25, 0.3) is 0 Å². The molecule has 0 saturated carbocycles. The molecule has 0 aliphatic carbocycles. The van der Waals surface area contributed by atoms with Crippen molar-refractivity contribution in [2.75, 3.05) is 0 Å². The number of thiophene rings is 1. The Hall–Kier alpha value is -2.61. The maximum Gasteiger partial charge on any atom is 0.326 e. The molecule has 0 amide bonds. The maximum atomic E-state index is 12.2. The molecule has 1 aliphatic rings. The van der Waals surface area contributed by atoms with E-state index < -0.39 is 12.0 Å². The smallest absolute Gasteiger partial charge is 0.326 e.